The van der Waals surface area contributed by atoms with E-state index in [1.165, 1.54) is 18.5 Å². The fraction of sp³-hybridized carbons (Fsp3) is 0.500. The number of nitrogens with one attached hydrogen (secondary N) is 1. The minimum Gasteiger partial charge on any atom is -0.438 e. The van der Waals surface area contributed by atoms with Gasteiger partial charge in [-0.05, 0) is 49.8 Å². The average molecular weight is 489 g/mol. The number of alkyl halides is 3. The van der Waals surface area contributed by atoms with Crippen LogP contribution in [0, 0.1) is 36.0 Å². The molecule has 11 heteroatoms. The number of aryl methyl sites for hydroxylation is 1. The van der Waals surface area contributed by atoms with Crippen molar-refractivity contribution >= 4 is 17.5 Å². The number of carbonyl (C=O) groups excluding carboxylic acids is 2. The molecule has 0 spiro atoms. The van der Waals surface area contributed by atoms with E-state index in [1.54, 1.807) is 29.8 Å². The van der Waals surface area contributed by atoms with Crippen LogP contribution < -0.4 is 10.2 Å². The van der Waals surface area contributed by atoms with Crippen LogP contribution in [0.4, 0.5) is 18.9 Å². The van der Waals surface area contributed by atoms with Gasteiger partial charge in [0.2, 0.25) is 11.7 Å². The van der Waals surface area contributed by atoms with Crippen LogP contribution in [0.5, 0.6) is 0 Å². The van der Waals surface area contributed by atoms with E-state index in [4.69, 9.17) is 9.68 Å². The summed E-state index contributed by atoms with van der Waals surface area (Å²) in [6, 6.07) is 5.26. The lowest BCUT2D eigenvalue weighted by molar-refractivity contribution is -0.137. The Morgan fingerprint density at radius 2 is 1.94 bits per heavy atom. The Balaban J connectivity index is 1.51. The molecule has 186 valence electrons. The maximum Gasteiger partial charge on any atom is 0.417 e. The number of amides is 2. The molecule has 8 nitrogen and oxygen atoms in total. The number of nitriles is 1. The summed E-state index contributed by atoms with van der Waals surface area (Å²) in [7, 11) is 1.55. The van der Waals surface area contributed by atoms with Crippen molar-refractivity contribution in [1.82, 2.24) is 15.2 Å². The van der Waals surface area contributed by atoms with Crippen LogP contribution in [0.1, 0.15) is 40.2 Å². The largest absolute Gasteiger partial charge is 0.438 e. The first-order valence-corrected chi connectivity index (χ1v) is 11.4. The number of likely N-dealkylation sites (tertiary alicyclic amines) is 1. The van der Waals surface area contributed by atoms with Crippen molar-refractivity contribution in [1.29, 1.82) is 5.26 Å². The van der Waals surface area contributed by atoms with Gasteiger partial charge in [0.15, 0.2) is 6.39 Å². The molecule has 2 aliphatic heterocycles. The van der Waals surface area contributed by atoms with E-state index in [2.05, 4.69) is 10.3 Å². The highest BCUT2D eigenvalue weighted by molar-refractivity contribution is 5.92. The minimum absolute atomic E-state index is 0.0794. The van der Waals surface area contributed by atoms with Crippen LogP contribution in [0.15, 0.2) is 29.0 Å². The van der Waals surface area contributed by atoms with Gasteiger partial charge in [-0.25, -0.2) is 4.98 Å². The average Bonchev–Trinajstić information content (AvgIpc) is 3.49. The zero-order valence-corrected chi connectivity index (χ0v) is 19.4. The Kier molecular flexibility index (Phi) is 6.74. The van der Waals surface area contributed by atoms with Gasteiger partial charge >= 0.3 is 6.18 Å². The molecule has 0 aliphatic carbocycles. The Hall–Kier alpha value is -3.55. The van der Waals surface area contributed by atoms with E-state index in [1.807, 2.05) is 0 Å². The van der Waals surface area contributed by atoms with Crippen LogP contribution in [0.3, 0.4) is 0 Å². The maximum absolute atomic E-state index is 13.5. The van der Waals surface area contributed by atoms with Gasteiger partial charge in [0.25, 0.3) is 5.91 Å². The third-order valence-electron chi connectivity index (χ3n) is 7.11. The summed E-state index contributed by atoms with van der Waals surface area (Å²) in [4.78, 5) is 32.9. The van der Waals surface area contributed by atoms with Gasteiger partial charge in [0.05, 0.1) is 28.8 Å². The summed E-state index contributed by atoms with van der Waals surface area (Å²) in [6.07, 6.45) is -2.07. The summed E-state index contributed by atoms with van der Waals surface area (Å²) in [6.45, 7) is 3.40. The number of anilines is 1. The summed E-state index contributed by atoms with van der Waals surface area (Å²) < 4.78 is 45.7. The molecule has 0 unspecified atom stereocenters. The number of nitrogens with zero attached hydrogens (tertiary/aromatic N) is 4. The number of rotatable bonds is 4. The van der Waals surface area contributed by atoms with Crippen molar-refractivity contribution in [2.24, 2.45) is 17.8 Å². The molecular formula is C24H26F3N5O3. The second kappa shape index (κ2) is 9.60. The van der Waals surface area contributed by atoms with E-state index in [0.29, 0.717) is 43.9 Å². The minimum atomic E-state index is -4.65. The van der Waals surface area contributed by atoms with E-state index < -0.39 is 23.2 Å². The Morgan fingerprint density at radius 1 is 1.23 bits per heavy atom. The maximum atomic E-state index is 13.5. The zero-order chi connectivity index (χ0) is 25.3. The lowest BCUT2D eigenvalue weighted by Crippen LogP contribution is -2.43. The summed E-state index contributed by atoms with van der Waals surface area (Å²) >= 11 is 0. The van der Waals surface area contributed by atoms with E-state index in [0.717, 1.165) is 6.07 Å². The topological polar surface area (TPSA) is 102 Å². The number of halogens is 3. The highest BCUT2D eigenvalue weighted by atomic mass is 19.4. The smallest absolute Gasteiger partial charge is 0.417 e. The number of benzene rings is 1. The Bertz CT molecular complexity index is 1150. The van der Waals surface area contributed by atoms with Gasteiger partial charge in [-0.15, -0.1) is 0 Å². The van der Waals surface area contributed by atoms with Crippen LogP contribution in [-0.2, 0) is 11.0 Å². The van der Waals surface area contributed by atoms with Crippen molar-refractivity contribution in [3.05, 3.63) is 47.2 Å². The standard InChI is InChI=1S/C24H26F3N5O3/c1-14-21(35-13-30-14)23(34)31-7-5-15(6-8-31)18-11-32(12-19(18)22(33)29-2)17-4-3-16(10-28)20(9-17)24(25,26)27/h3-4,9,13,15,18-19H,5-8,11-12H2,1-2H3,(H,29,33)/t18-,19+/m0/s1. The number of aromatic nitrogens is 1. The molecule has 1 aromatic carbocycles. The molecule has 2 fully saturated rings. The molecule has 2 aliphatic rings. The van der Waals surface area contributed by atoms with Gasteiger partial charge in [0.1, 0.15) is 0 Å². The summed E-state index contributed by atoms with van der Waals surface area (Å²) in [5.41, 5.74) is -0.545. The first-order chi connectivity index (χ1) is 16.6. The number of hydrogen-bond acceptors (Lipinski definition) is 6. The van der Waals surface area contributed by atoms with Crippen LogP contribution in [0.25, 0.3) is 0 Å². The molecule has 0 bridgehead atoms. The molecular weight excluding hydrogens is 463 g/mol. The van der Waals surface area contributed by atoms with E-state index in [9.17, 15) is 22.8 Å². The molecule has 35 heavy (non-hydrogen) atoms. The zero-order valence-electron chi connectivity index (χ0n) is 19.4. The highest BCUT2D eigenvalue weighted by Crippen LogP contribution is 2.40. The van der Waals surface area contributed by atoms with Gasteiger partial charge in [-0.3, -0.25) is 9.59 Å². The number of piperidine rings is 1. The van der Waals surface area contributed by atoms with Gasteiger partial charge in [-0.2, -0.15) is 18.4 Å². The molecule has 3 heterocycles. The SMILES string of the molecule is CNC(=O)[C@@H]1CN(c2ccc(C#N)c(C(F)(F)F)c2)C[C@H]1C1CCN(C(=O)c2ocnc2C)CC1. The second-order valence-electron chi connectivity index (χ2n) is 9.03. The first kappa shape index (κ1) is 24.6. The van der Waals surface area contributed by atoms with Crippen molar-refractivity contribution in [3.63, 3.8) is 0 Å². The number of carbonyl (C=O) groups is 2. The molecule has 2 saturated heterocycles. The van der Waals surface area contributed by atoms with Crippen molar-refractivity contribution in [2.45, 2.75) is 25.9 Å². The number of oxazole rings is 1. The summed E-state index contributed by atoms with van der Waals surface area (Å²) in [5, 5.41) is 11.8. The molecule has 1 N–H and O–H groups in total. The first-order valence-electron chi connectivity index (χ1n) is 11.4. The molecule has 2 amide bonds. The normalized spacial score (nSPS) is 21.1. The van der Waals surface area contributed by atoms with E-state index >= 15 is 0 Å². The molecule has 2 atom stereocenters. The van der Waals surface area contributed by atoms with Crippen molar-refractivity contribution in [3.8, 4) is 6.07 Å². The fourth-order valence-corrected chi connectivity index (χ4v) is 5.22. The molecule has 2 aromatic rings. The fourth-order valence-electron chi connectivity index (χ4n) is 5.22. The molecule has 0 radical (unpaired) electrons. The van der Waals surface area contributed by atoms with Gasteiger partial charge in [0, 0.05) is 38.9 Å². The predicted molar refractivity (Wildman–Crippen MR) is 119 cm³/mol. The van der Waals surface area contributed by atoms with Crippen LogP contribution in [-0.4, -0.2) is 54.9 Å². The van der Waals surface area contributed by atoms with Crippen LogP contribution in [0.2, 0.25) is 0 Å². The Labute approximate surface area is 200 Å². The predicted octanol–water partition coefficient (Wildman–Crippen LogP) is 3.22. The molecule has 1 aromatic heterocycles. The third-order valence-corrected chi connectivity index (χ3v) is 7.11. The lowest BCUT2D eigenvalue weighted by atomic mass is 9.78. The second-order valence-corrected chi connectivity index (χ2v) is 9.03. The lowest BCUT2D eigenvalue weighted by Gasteiger charge is -2.36. The quantitative estimate of drug-likeness (QED) is 0.708. The third kappa shape index (κ3) is 4.83. The van der Waals surface area contributed by atoms with Gasteiger partial charge < -0.3 is 19.5 Å². The monoisotopic (exact) mass is 489 g/mol. The highest BCUT2D eigenvalue weighted by Gasteiger charge is 2.43. The molecule has 0 saturated carbocycles. The van der Waals surface area contributed by atoms with E-state index in [-0.39, 0.29) is 36.0 Å². The van der Waals surface area contributed by atoms with Crippen LogP contribution >= 0.6 is 0 Å². The van der Waals surface area contributed by atoms with Crippen molar-refractivity contribution in [2.75, 3.05) is 38.1 Å². The van der Waals surface area contributed by atoms with Crippen molar-refractivity contribution < 1.29 is 27.2 Å². The summed E-state index contributed by atoms with van der Waals surface area (Å²) in [5.74, 6) is -0.495. The Morgan fingerprint density at radius 3 is 2.51 bits per heavy atom. The molecule has 4 rings (SSSR count). The number of hydrogen-bond donors (Lipinski definition) is 1. The van der Waals surface area contributed by atoms with Gasteiger partial charge in [-0.1, -0.05) is 0 Å².